The molecule has 0 bridgehead atoms. The number of aliphatic hydroxyl groups is 1. The van der Waals surface area contributed by atoms with E-state index in [1.54, 1.807) is 0 Å². The second-order valence-electron chi connectivity index (χ2n) is 28.7. The van der Waals surface area contributed by atoms with Gasteiger partial charge in [-0.3, -0.25) is 37.3 Å². The van der Waals surface area contributed by atoms with Crippen LogP contribution in [0.25, 0.3) is 0 Å². The first kappa shape index (κ1) is 94.1. The van der Waals surface area contributed by atoms with E-state index in [1.165, 1.54) is 212 Å². The van der Waals surface area contributed by atoms with Crippen LogP contribution in [0.15, 0.2) is 0 Å². The third kappa shape index (κ3) is 70.5. The Balaban J connectivity index is 5.23. The maximum Gasteiger partial charge on any atom is 0.472 e. The molecule has 0 saturated carbocycles. The molecule has 0 aliphatic rings. The molecule has 5 atom stereocenters. The predicted octanol–water partition coefficient (Wildman–Crippen LogP) is 22.7. The summed E-state index contributed by atoms with van der Waals surface area (Å²) in [6.45, 7) is 9.55. The molecule has 0 saturated heterocycles. The van der Waals surface area contributed by atoms with Gasteiger partial charge in [0.1, 0.15) is 19.3 Å². The zero-order chi connectivity index (χ0) is 70.7. The van der Waals surface area contributed by atoms with Crippen molar-refractivity contribution in [2.24, 2.45) is 11.8 Å². The van der Waals surface area contributed by atoms with E-state index >= 15 is 0 Å². The Labute approximate surface area is 588 Å². The minimum Gasteiger partial charge on any atom is -0.462 e. The Morgan fingerprint density at radius 1 is 0.281 bits per heavy atom. The molecule has 96 heavy (non-hydrogen) atoms. The number of aliphatic hydroxyl groups excluding tert-OH is 1. The van der Waals surface area contributed by atoms with Gasteiger partial charge in [-0.05, 0) is 37.5 Å². The van der Waals surface area contributed by atoms with Crippen LogP contribution >= 0.6 is 15.6 Å². The lowest BCUT2D eigenvalue weighted by Crippen LogP contribution is -2.30. The highest BCUT2D eigenvalue weighted by Crippen LogP contribution is 2.45. The average Bonchev–Trinajstić information content (AvgIpc) is 1.62. The molecule has 17 nitrogen and oxygen atoms in total. The van der Waals surface area contributed by atoms with E-state index in [0.717, 1.165) is 102 Å². The van der Waals surface area contributed by atoms with Crippen molar-refractivity contribution >= 4 is 39.5 Å². The Morgan fingerprint density at radius 2 is 0.479 bits per heavy atom. The minimum absolute atomic E-state index is 0.107. The third-order valence-electron chi connectivity index (χ3n) is 18.0. The molecule has 19 heteroatoms. The van der Waals surface area contributed by atoms with Crippen molar-refractivity contribution in [1.82, 2.24) is 0 Å². The summed E-state index contributed by atoms with van der Waals surface area (Å²) in [7, 11) is -9.91. The van der Waals surface area contributed by atoms with Gasteiger partial charge in [-0.1, -0.05) is 350 Å². The first-order valence-corrected chi connectivity index (χ1v) is 43.0. The Kier molecular flexibility index (Phi) is 67.4. The molecule has 0 radical (unpaired) electrons. The maximum atomic E-state index is 13.1. The standard InChI is InChI=1S/C77H150O17P2/c1-7-9-11-13-15-17-19-21-22-25-29-32-36-40-47-53-59-74(79)87-65-72(93-76(81)62-56-50-42-38-34-30-26-23-24-28-31-35-39-45-51-57-69(3)4)67-91-95(83,84)89-63-71(78)64-90-96(85,86)92-68-73(66-88-75(80)60-54-48-44-43-46-52-58-70(5)6)94-77(82)61-55-49-41-37-33-27-20-18-16-14-12-10-8-2/h69-73,78H,7-68H2,1-6H3,(H,83,84)(H,85,86)/t71-,72-,73-/m1/s1. The second kappa shape index (κ2) is 68.8. The van der Waals surface area contributed by atoms with Gasteiger partial charge in [-0.25, -0.2) is 9.13 Å². The van der Waals surface area contributed by atoms with Gasteiger partial charge in [-0.2, -0.15) is 0 Å². The largest absolute Gasteiger partial charge is 0.472 e. The van der Waals surface area contributed by atoms with Crippen LogP contribution in [0.1, 0.15) is 401 Å². The molecule has 0 aromatic rings. The summed E-state index contributed by atoms with van der Waals surface area (Å²) in [5, 5.41) is 10.6. The molecule has 3 N–H and O–H groups in total. The number of phosphoric ester groups is 2. The summed E-state index contributed by atoms with van der Waals surface area (Å²) in [5.41, 5.74) is 0. The highest BCUT2D eigenvalue weighted by atomic mass is 31.2. The number of rotatable bonds is 76. The van der Waals surface area contributed by atoms with Crippen molar-refractivity contribution in [2.45, 2.75) is 419 Å². The normalized spacial score (nSPS) is 14.0. The second-order valence-corrected chi connectivity index (χ2v) is 31.6. The number of hydrogen-bond acceptors (Lipinski definition) is 15. The molecule has 0 heterocycles. The fourth-order valence-corrected chi connectivity index (χ4v) is 13.4. The van der Waals surface area contributed by atoms with Crippen LogP contribution in [-0.4, -0.2) is 96.7 Å². The van der Waals surface area contributed by atoms with E-state index in [4.69, 9.17) is 37.0 Å². The number of unbranched alkanes of at least 4 members (excludes halogenated alkanes) is 46. The van der Waals surface area contributed by atoms with Crippen molar-refractivity contribution < 1.29 is 80.2 Å². The quantitative estimate of drug-likeness (QED) is 0.0222. The molecular formula is C77H150O17P2. The van der Waals surface area contributed by atoms with Gasteiger partial charge >= 0.3 is 39.5 Å². The fraction of sp³-hybridized carbons (Fsp3) is 0.948. The van der Waals surface area contributed by atoms with E-state index in [9.17, 15) is 43.2 Å². The highest BCUT2D eigenvalue weighted by molar-refractivity contribution is 7.47. The van der Waals surface area contributed by atoms with E-state index < -0.39 is 97.5 Å². The zero-order valence-corrected chi connectivity index (χ0v) is 64.5. The van der Waals surface area contributed by atoms with E-state index in [2.05, 4.69) is 41.5 Å². The lowest BCUT2D eigenvalue weighted by Gasteiger charge is -2.21. The van der Waals surface area contributed by atoms with Crippen molar-refractivity contribution in [1.29, 1.82) is 0 Å². The Hall–Kier alpha value is -1.94. The summed E-state index contributed by atoms with van der Waals surface area (Å²) >= 11 is 0. The molecule has 570 valence electrons. The Bertz CT molecular complexity index is 1860. The van der Waals surface area contributed by atoms with Crippen molar-refractivity contribution in [2.75, 3.05) is 39.6 Å². The first-order valence-electron chi connectivity index (χ1n) is 40.0. The van der Waals surface area contributed by atoms with Gasteiger partial charge in [0.05, 0.1) is 26.4 Å². The van der Waals surface area contributed by atoms with Crippen LogP contribution in [-0.2, 0) is 65.4 Å². The predicted molar refractivity (Wildman–Crippen MR) is 391 cm³/mol. The molecular weight excluding hydrogens is 1260 g/mol. The molecule has 0 fully saturated rings. The van der Waals surface area contributed by atoms with Gasteiger partial charge in [0, 0.05) is 25.7 Å². The fourth-order valence-electron chi connectivity index (χ4n) is 11.8. The number of phosphoric acid groups is 2. The Morgan fingerprint density at radius 3 is 0.708 bits per heavy atom. The summed E-state index contributed by atoms with van der Waals surface area (Å²) in [5.74, 6) is -0.632. The van der Waals surface area contributed by atoms with Crippen LogP contribution in [0.4, 0.5) is 0 Å². The molecule has 0 amide bonds. The molecule has 2 unspecified atom stereocenters. The molecule has 0 aromatic heterocycles. The minimum atomic E-state index is -4.96. The summed E-state index contributed by atoms with van der Waals surface area (Å²) in [6.07, 6.45) is 57.0. The van der Waals surface area contributed by atoms with Gasteiger partial charge in [0.25, 0.3) is 0 Å². The van der Waals surface area contributed by atoms with Crippen molar-refractivity contribution in [3.8, 4) is 0 Å². The number of hydrogen-bond donors (Lipinski definition) is 3. The van der Waals surface area contributed by atoms with Crippen LogP contribution in [0.3, 0.4) is 0 Å². The van der Waals surface area contributed by atoms with Gasteiger partial charge in [0.15, 0.2) is 12.2 Å². The van der Waals surface area contributed by atoms with Crippen LogP contribution in [0, 0.1) is 11.8 Å². The lowest BCUT2D eigenvalue weighted by atomic mass is 10.0. The van der Waals surface area contributed by atoms with Gasteiger partial charge < -0.3 is 33.8 Å². The number of esters is 4. The van der Waals surface area contributed by atoms with E-state index in [1.807, 2.05) is 0 Å². The molecule has 0 aliphatic carbocycles. The van der Waals surface area contributed by atoms with Crippen LogP contribution < -0.4 is 0 Å². The van der Waals surface area contributed by atoms with Crippen molar-refractivity contribution in [3.05, 3.63) is 0 Å². The smallest absolute Gasteiger partial charge is 0.462 e. The average molecular weight is 1410 g/mol. The molecule has 0 spiro atoms. The molecule has 0 aromatic carbocycles. The van der Waals surface area contributed by atoms with Gasteiger partial charge in [-0.15, -0.1) is 0 Å². The SMILES string of the molecule is CCCCCCCCCCCCCCCCCCC(=O)OC[C@H](COP(=O)(O)OC[C@@H](O)COP(=O)(O)OC[C@@H](COC(=O)CCCCCCCCC(C)C)OC(=O)CCCCCCCCCCCCCCC)OC(=O)CCCCCCCCCCCCCCCCCC(C)C. The van der Waals surface area contributed by atoms with Crippen LogP contribution in [0.5, 0.6) is 0 Å². The number of carbonyl (C=O) groups excluding carboxylic acids is 4. The maximum absolute atomic E-state index is 13.1. The lowest BCUT2D eigenvalue weighted by molar-refractivity contribution is -0.161. The summed E-state index contributed by atoms with van der Waals surface area (Å²) < 4.78 is 68.5. The summed E-state index contributed by atoms with van der Waals surface area (Å²) in [4.78, 5) is 72.8. The summed E-state index contributed by atoms with van der Waals surface area (Å²) in [6, 6.07) is 0. The number of carbonyl (C=O) groups is 4. The molecule has 0 rings (SSSR count). The van der Waals surface area contributed by atoms with Crippen LogP contribution in [0.2, 0.25) is 0 Å². The van der Waals surface area contributed by atoms with E-state index in [0.29, 0.717) is 31.6 Å². The molecule has 0 aliphatic heterocycles. The van der Waals surface area contributed by atoms with Crippen molar-refractivity contribution in [3.63, 3.8) is 0 Å². The third-order valence-corrected chi connectivity index (χ3v) is 19.9. The van der Waals surface area contributed by atoms with E-state index in [-0.39, 0.29) is 25.7 Å². The highest BCUT2D eigenvalue weighted by Gasteiger charge is 2.30. The monoisotopic (exact) mass is 1410 g/mol. The number of ether oxygens (including phenoxy) is 4. The first-order chi connectivity index (χ1) is 46.4. The topological polar surface area (TPSA) is 237 Å². The zero-order valence-electron chi connectivity index (χ0n) is 62.7. The van der Waals surface area contributed by atoms with Gasteiger partial charge in [0.2, 0.25) is 0 Å².